The van der Waals surface area contributed by atoms with E-state index in [2.05, 4.69) is 30.2 Å². The fourth-order valence-corrected chi connectivity index (χ4v) is 3.00. The van der Waals surface area contributed by atoms with Crippen molar-refractivity contribution < 1.29 is 18.0 Å². The third-order valence-corrected chi connectivity index (χ3v) is 4.59. The van der Waals surface area contributed by atoms with Gasteiger partial charge in [-0.2, -0.15) is 13.2 Å². The number of nitrogens with zero attached hydrogens (tertiary/aromatic N) is 6. The molecule has 4 rings (SSSR count). The smallest absolute Gasteiger partial charge is 0.325 e. The number of carbonyl (C=O) groups is 1. The number of alkyl halides is 3. The topological polar surface area (TPSA) is 98.5 Å². The normalized spacial score (nSPS) is 11.4. The average molecular weight is 439 g/mol. The Morgan fingerprint density at radius 3 is 2.47 bits per heavy atom. The molecule has 0 atom stereocenters. The van der Waals surface area contributed by atoms with E-state index in [0.29, 0.717) is 28.6 Å². The first-order valence-corrected chi connectivity index (χ1v) is 9.40. The van der Waals surface area contributed by atoms with Crippen molar-refractivity contribution >= 4 is 11.7 Å². The molecule has 0 saturated carbocycles. The van der Waals surface area contributed by atoms with Gasteiger partial charge in [0.2, 0.25) is 5.91 Å². The Bertz CT molecular complexity index is 1240. The van der Waals surface area contributed by atoms with E-state index in [1.54, 1.807) is 48.3 Å². The fourth-order valence-electron chi connectivity index (χ4n) is 3.00. The number of pyridine rings is 2. The summed E-state index contributed by atoms with van der Waals surface area (Å²) in [6.07, 6.45) is 2.72. The van der Waals surface area contributed by atoms with Crippen LogP contribution < -0.4 is 5.32 Å². The van der Waals surface area contributed by atoms with Gasteiger partial charge in [-0.15, -0.1) is 0 Å². The summed E-state index contributed by atoms with van der Waals surface area (Å²) < 4.78 is 40.4. The van der Waals surface area contributed by atoms with Crippen molar-refractivity contribution in [3.8, 4) is 22.6 Å². The molecule has 0 aliphatic rings. The van der Waals surface area contributed by atoms with Crippen LogP contribution in [0.25, 0.3) is 22.6 Å². The van der Waals surface area contributed by atoms with Crippen molar-refractivity contribution in [1.29, 1.82) is 0 Å². The Morgan fingerprint density at radius 1 is 1.00 bits per heavy atom. The first kappa shape index (κ1) is 21.1. The highest BCUT2D eigenvalue weighted by Crippen LogP contribution is 2.31. The first-order chi connectivity index (χ1) is 15.3. The molecular weight excluding hydrogens is 423 g/mol. The molecule has 0 saturated heterocycles. The summed E-state index contributed by atoms with van der Waals surface area (Å²) in [5.74, 6) is 0.500. The summed E-state index contributed by atoms with van der Waals surface area (Å²) in [6, 6.07) is 7.45. The highest BCUT2D eigenvalue weighted by atomic mass is 19.4. The van der Waals surface area contributed by atoms with Gasteiger partial charge in [0, 0.05) is 41.6 Å². The van der Waals surface area contributed by atoms with E-state index in [-0.39, 0.29) is 18.0 Å². The quantitative estimate of drug-likeness (QED) is 0.508. The van der Waals surface area contributed by atoms with E-state index in [1.165, 1.54) is 12.4 Å². The largest absolute Gasteiger partial charge is 0.433 e. The minimum absolute atomic E-state index is 0.0821. The molecular formula is C21H16F3N7O. The maximum Gasteiger partial charge on any atom is 0.433 e. The molecule has 0 bridgehead atoms. The second kappa shape index (κ2) is 8.53. The first-order valence-electron chi connectivity index (χ1n) is 9.40. The van der Waals surface area contributed by atoms with Gasteiger partial charge in [0.15, 0.2) is 5.82 Å². The number of hydrogen-bond acceptors (Lipinski definition) is 6. The van der Waals surface area contributed by atoms with Gasteiger partial charge in [-0.3, -0.25) is 9.78 Å². The van der Waals surface area contributed by atoms with Gasteiger partial charge in [0.05, 0.1) is 12.0 Å². The maximum absolute atomic E-state index is 12.9. The highest BCUT2D eigenvalue weighted by molar-refractivity contribution is 5.89. The van der Waals surface area contributed by atoms with Crippen LogP contribution in [0.5, 0.6) is 0 Å². The molecule has 0 aliphatic carbocycles. The minimum Gasteiger partial charge on any atom is -0.325 e. The molecule has 8 nitrogen and oxygen atoms in total. The summed E-state index contributed by atoms with van der Waals surface area (Å²) >= 11 is 0. The van der Waals surface area contributed by atoms with Crippen LogP contribution in [0, 0.1) is 6.92 Å². The van der Waals surface area contributed by atoms with Crippen molar-refractivity contribution in [2.45, 2.75) is 19.6 Å². The number of halogens is 3. The number of anilines is 1. The fraction of sp³-hybridized carbons (Fsp3) is 0.143. The Kier molecular flexibility index (Phi) is 5.63. The molecule has 162 valence electrons. The third-order valence-electron chi connectivity index (χ3n) is 4.59. The number of amides is 1. The van der Waals surface area contributed by atoms with Crippen LogP contribution in [-0.4, -0.2) is 35.4 Å². The van der Waals surface area contributed by atoms with Gasteiger partial charge < -0.3 is 9.88 Å². The zero-order chi connectivity index (χ0) is 22.7. The van der Waals surface area contributed by atoms with Crippen molar-refractivity contribution in [3.05, 3.63) is 72.8 Å². The molecule has 0 aromatic carbocycles. The van der Waals surface area contributed by atoms with Gasteiger partial charge in [0.1, 0.15) is 18.1 Å². The van der Waals surface area contributed by atoms with Gasteiger partial charge in [-0.05, 0) is 37.3 Å². The second-order valence-electron chi connectivity index (χ2n) is 6.79. The van der Waals surface area contributed by atoms with E-state index in [9.17, 15) is 18.0 Å². The number of imidazole rings is 1. The Morgan fingerprint density at radius 2 is 1.78 bits per heavy atom. The van der Waals surface area contributed by atoms with Crippen LogP contribution >= 0.6 is 0 Å². The molecule has 4 aromatic rings. The standard InChI is InChI=1S/C21H16F3N7O/c1-13-19(14-5-8-25-16(9-14)21(22,23)24)29-12-31(13)11-18(32)30-17-4-3-15(10-28-17)20-26-6-2-7-27-20/h2-10,12H,11H2,1H3,(H,28,30,32). The van der Waals surface area contributed by atoms with Gasteiger partial charge >= 0.3 is 6.18 Å². The van der Waals surface area contributed by atoms with Crippen LogP contribution in [0.3, 0.4) is 0 Å². The molecule has 0 aliphatic heterocycles. The minimum atomic E-state index is -4.55. The number of aromatic nitrogens is 6. The monoisotopic (exact) mass is 439 g/mol. The number of hydrogen-bond donors (Lipinski definition) is 1. The van der Waals surface area contributed by atoms with E-state index in [1.807, 2.05) is 0 Å². The summed E-state index contributed by atoms with van der Waals surface area (Å²) in [6.45, 7) is 1.59. The van der Waals surface area contributed by atoms with Crippen LogP contribution in [0.1, 0.15) is 11.4 Å². The van der Waals surface area contributed by atoms with E-state index >= 15 is 0 Å². The summed E-state index contributed by atoms with van der Waals surface area (Å²) in [7, 11) is 0. The average Bonchev–Trinajstić information content (AvgIpc) is 3.14. The molecule has 1 N–H and O–H groups in total. The van der Waals surface area contributed by atoms with Gasteiger partial charge in [0.25, 0.3) is 0 Å². The van der Waals surface area contributed by atoms with Crippen molar-refractivity contribution in [1.82, 2.24) is 29.5 Å². The second-order valence-corrected chi connectivity index (χ2v) is 6.79. The summed E-state index contributed by atoms with van der Waals surface area (Å²) in [4.78, 5) is 32.4. The Labute approximate surface area is 180 Å². The molecule has 4 heterocycles. The lowest BCUT2D eigenvalue weighted by Gasteiger charge is -2.09. The Hall–Kier alpha value is -4.15. The van der Waals surface area contributed by atoms with Crippen LogP contribution in [0.15, 0.2) is 61.4 Å². The maximum atomic E-state index is 12.9. The van der Waals surface area contributed by atoms with Crippen LogP contribution in [0.2, 0.25) is 0 Å². The third kappa shape index (κ3) is 4.61. The predicted octanol–water partition coefficient (Wildman–Crippen LogP) is 3.76. The molecule has 32 heavy (non-hydrogen) atoms. The van der Waals surface area contributed by atoms with Crippen LogP contribution in [0.4, 0.5) is 19.0 Å². The lowest BCUT2D eigenvalue weighted by Crippen LogP contribution is -2.19. The lowest BCUT2D eigenvalue weighted by atomic mass is 10.1. The molecule has 11 heteroatoms. The molecule has 4 aromatic heterocycles. The molecule has 0 fully saturated rings. The Balaban J connectivity index is 1.45. The van der Waals surface area contributed by atoms with Crippen molar-refractivity contribution in [2.24, 2.45) is 0 Å². The molecule has 1 amide bonds. The van der Waals surface area contributed by atoms with Crippen molar-refractivity contribution in [2.75, 3.05) is 5.32 Å². The van der Waals surface area contributed by atoms with Crippen LogP contribution in [-0.2, 0) is 17.5 Å². The number of nitrogens with one attached hydrogen (secondary N) is 1. The van der Waals surface area contributed by atoms with Gasteiger partial charge in [-0.1, -0.05) is 0 Å². The lowest BCUT2D eigenvalue weighted by molar-refractivity contribution is -0.141. The predicted molar refractivity (Wildman–Crippen MR) is 109 cm³/mol. The zero-order valence-corrected chi connectivity index (χ0v) is 16.7. The summed E-state index contributed by atoms with van der Waals surface area (Å²) in [5.41, 5.74) is 0.857. The van der Waals surface area contributed by atoms with E-state index in [0.717, 1.165) is 12.3 Å². The zero-order valence-electron chi connectivity index (χ0n) is 16.7. The molecule has 0 radical (unpaired) electrons. The van der Waals surface area contributed by atoms with E-state index in [4.69, 9.17) is 0 Å². The number of rotatable bonds is 5. The SMILES string of the molecule is Cc1c(-c2ccnc(C(F)(F)F)c2)ncn1CC(=O)Nc1ccc(-c2ncccn2)cn1. The van der Waals surface area contributed by atoms with E-state index < -0.39 is 11.9 Å². The van der Waals surface area contributed by atoms with Crippen molar-refractivity contribution in [3.63, 3.8) is 0 Å². The summed E-state index contributed by atoms with van der Waals surface area (Å²) in [5, 5.41) is 2.68. The molecule has 0 unspecified atom stereocenters. The molecule has 0 spiro atoms. The highest BCUT2D eigenvalue weighted by Gasteiger charge is 2.32. The number of carbonyl (C=O) groups excluding carboxylic acids is 1. The van der Waals surface area contributed by atoms with Gasteiger partial charge in [-0.25, -0.2) is 19.9 Å².